The Hall–Kier alpha value is -2.38. The van der Waals surface area contributed by atoms with E-state index in [4.69, 9.17) is 14.2 Å². The lowest BCUT2D eigenvalue weighted by Gasteiger charge is -2.40. The number of allylic oxidation sites excluding steroid dienone is 7. The van der Waals surface area contributed by atoms with Crippen molar-refractivity contribution in [3.63, 3.8) is 0 Å². The molecule has 7 atom stereocenters. The van der Waals surface area contributed by atoms with E-state index in [1.54, 1.807) is 6.08 Å². The van der Waals surface area contributed by atoms with Crippen molar-refractivity contribution in [1.82, 2.24) is 5.32 Å². The molecule has 1 rings (SSSR count). The van der Waals surface area contributed by atoms with Crippen molar-refractivity contribution in [2.24, 2.45) is 0 Å². The van der Waals surface area contributed by atoms with Crippen LogP contribution in [0.25, 0.3) is 0 Å². The molecule has 0 saturated carbocycles. The summed E-state index contributed by atoms with van der Waals surface area (Å²) in [6.07, 6.45) is 63.7. The van der Waals surface area contributed by atoms with Gasteiger partial charge in [0.25, 0.3) is 0 Å². The molecule has 1 saturated heterocycles. The minimum absolute atomic E-state index is 0.00327. The molecule has 0 aromatic carbocycles. The van der Waals surface area contributed by atoms with Gasteiger partial charge in [-0.05, 0) is 83.5 Å². The largest absolute Gasteiger partial charge is 0.466 e. The fourth-order valence-electron chi connectivity index (χ4n) is 10.3. The summed E-state index contributed by atoms with van der Waals surface area (Å²) in [4.78, 5) is 25.1. The van der Waals surface area contributed by atoms with Gasteiger partial charge >= 0.3 is 5.97 Å². The van der Waals surface area contributed by atoms with E-state index in [0.717, 1.165) is 77.0 Å². The molecule has 6 N–H and O–H groups in total. The Bertz CT molecular complexity index is 1450. The molecule has 1 amide bonds. The highest BCUT2D eigenvalue weighted by Gasteiger charge is 2.44. The third-order valence-corrected chi connectivity index (χ3v) is 15.6. The first-order chi connectivity index (χ1) is 38.7. The second kappa shape index (κ2) is 57.4. The van der Waals surface area contributed by atoms with Crippen LogP contribution in [0.1, 0.15) is 309 Å². The first-order valence-electron chi connectivity index (χ1n) is 33.4. The van der Waals surface area contributed by atoms with Crippen molar-refractivity contribution in [3.05, 3.63) is 48.6 Å². The number of amides is 1. The molecular weight excluding hydrogens is 991 g/mol. The van der Waals surface area contributed by atoms with Gasteiger partial charge in [0, 0.05) is 12.8 Å². The topological polar surface area (TPSA) is 175 Å². The predicted molar refractivity (Wildman–Crippen MR) is 329 cm³/mol. The lowest BCUT2D eigenvalue weighted by molar-refractivity contribution is -0.302. The molecule has 1 heterocycles. The Morgan fingerprint density at radius 3 is 1.27 bits per heavy atom. The Balaban J connectivity index is 2.04. The molecule has 0 aromatic rings. The summed E-state index contributed by atoms with van der Waals surface area (Å²) < 4.78 is 16.7. The number of nitrogens with one attached hydrogen (secondary N) is 1. The molecule has 7 unspecified atom stereocenters. The zero-order valence-corrected chi connectivity index (χ0v) is 51.1. The van der Waals surface area contributed by atoms with Gasteiger partial charge in [-0.15, -0.1) is 0 Å². The highest BCUT2D eigenvalue weighted by atomic mass is 16.7. The van der Waals surface area contributed by atoms with Crippen molar-refractivity contribution in [3.8, 4) is 0 Å². The number of rotatable bonds is 58. The SMILES string of the molecule is CCCCCC/C=C/CC/C=C/CC/C=C/C(O)C(COC1OC(CO)C(O)C(O)C1O)NC(=O)CCCCCCCCCCCC/C=C\CCCCCCCCCCCCCCOC(=O)CCCCCCCCCCCCC. The van der Waals surface area contributed by atoms with E-state index in [9.17, 15) is 35.1 Å². The lowest BCUT2D eigenvalue weighted by atomic mass is 9.99. The highest BCUT2D eigenvalue weighted by Crippen LogP contribution is 2.23. The van der Waals surface area contributed by atoms with Crippen molar-refractivity contribution in [2.45, 2.75) is 352 Å². The number of esters is 1. The van der Waals surface area contributed by atoms with Crippen LogP contribution in [0.2, 0.25) is 0 Å². The van der Waals surface area contributed by atoms with Crippen LogP contribution < -0.4 is 5.32 Å². The monoisotopic (exact) mass is 1120 g/mol. The molecule has 462 valence electrons. The average molecular weight is 1120 g/mol. The van der Waals surface area contributed by atoms with E-state index in [1.165, 1.54) is 205 Å². The molecule has 0 bridgehead atoms. The molecular formula is C68H125NO10. The van der Waals surface area contributed by atoms with Gasteiger partial charge < -0.3 is 45.1 Å². The predicted octanol–water partition coefficient (Wildman–Crippen LogP) is 16.4. The van der Waals surface area contributed by atoms with Crippen LogP contribution in [0.3, 0.4) is 0 Å². The smallest absolute Gasteiger partial charge is 0.305 e. The van der Waals surface area contributed by atoms with Crippen LogP contribution in [0, 0.1) is 0 Å². The minimum atomic E-state index is -1.58. The molecule has 0 aromatic heterocycles. The number of carbonyl (C=O) groups excluding carboxylic acids is 2. The number of hydrogen-bond donors (Lipinski definition) is 6. The Morgan fingerprint density at radius 1 is 0.456 bits per heavy atom. The Labute approximate surface area is 485 Å². The first-order valence-corrected chi connectivity index (χ1v) is 33.4. The quantitative estimate of drug-likeness (QED) is 0.0195. The molecule has 0 spiro atoms. The van der Waals surface area contributed by atoms with Crippen LogP contribution in [0.5, 0.6) is 0 Å². The zero-order valence-electron chi connectivity index (χ0n) is 51.1. The van der Waals surface area contributed by atoms with Crippen LogP contribution in [0.15, 0.2) is 48.6 Å². The standard InChI is InChI=1S/C68H125NO10/c1-3-5-7-9-11-13-15-16-31-35-38-42-46-50-54-61(71)60(59-78-68-67(76)66(75)65(74)62(58-70)79-68)69-63(72)55-51-47-43-39-36-32-29-27-25-23-21-19-17-18-20-22-24-26-28-30-33-37-41-45-49-53-57-77-64(73)56-52-48-44-40-34-14-12-10-8-6-4-2/h13,15,17,19,35,38,50,54,60-62,65-68,70-71,74-76H,3-12,14,16,18,20-34,36-37,39-49,51-53,55-59H2,1-2H3,(H,69,72)/b15-13+,19-17-,38-35+,54-50+. The highest BCUT2D eigenvalue weighted by molar-refractivity contribution is 5.76. The normalized spacial score (nSPS) is 18.7. The van der Waals surface area contributed by atoms with Crippen molar-refractivity contribution in [2.75, 3.05) is 19.8 Å². The van der Waals surface area contributed by atoms with E-state index >= 15 is 0 Å². The average Bonchev–Trinajstić information content (AvgIpc) is 3.50. The number of aliphatic hydroxyl groups is 5. The summed E-state index contributed by atoms with van der Waals surface area (Å²) >= 11 is 0. The Morgan fingerprint density at radius 2 is 0.823 bits per heavy atom. The second-order valence-corrected chi connectivity index (χ2v) is 23.2. The first kappa shape index (κ1) is 74.6. The summed E-state index contributed by atoms with van der Waals surface area (Å²) in [5.41, 5.74) is 0. The van der Waals surface area contributed by atoms with Crippen molar-refractivity contribution in [1.29, 1.82) is 0 Å². The van der Waals surface area contributed by atoms with Gasteiger partial charge in [-0.25, -0.2) is 0 Å². The van der Waals surface area contributed by atoms with Gasteiger partial charge in [-0.1, -0.05) is 262 Å². The van der Waals surface area contributed by atoms with Gasteiger partial charge in [-0.3, -0.25) is 9.59 Å². The van der Waals surface area contributed by atoms with Gasteiger partial charge in [0.05, 0.1) is 32.0 Å². The van der Waals surface area contributed by atoms with Crippen LogP contribution >= 0.6 is 0 Å². The third-order valence-electron chi connectivity index (χ3n) is 15.6. The molecule has 11 nitrogen and oxygen atoms in total. The van der Waals surface area contributed by atoms with E-state index in [2.05, 4.69) is 55.6 Å². The van der Waals surface area contributed by atoms with E-state index < -0.39 is 49.5 Å². The number of hydrogen-bond acceptors (Lipinski definition) is 10. The zero-order chi connectivity index (χ0) is 57.3. The summed E-state index contributed by atoms with van der Waals surface area (Å²) in [5, 5.41) is 54.4. The van der Waals surface area contributed by atoms with Gasteiger partial charge in [0.15, 0.2) is 6.29 Å². The maximum absolute atomic E-state index is 13.1. The van der Waals surface area contributed by atoms with Gasteiger partial charge in [0.2, 0.25) is 5.91 Å². The van der Waals surface area contributed by atoms with Crippen LogP contribution in [-0.2, 0) is 23.8 Å². The molecule has 79 heavy (non-hydrogen) atoms. The molecule has 1 aliphatic heterocycles. The maximum Gasteiger partial charge on any atom is 0.305 e. The van der Waals surface area contributed by atoms with E-state index in [1.807, 2.05) is 6.08 Å². The Kier molecular flexibility index (Phi) is 54.3. The molecule has 1 fully saturated rings. The summed E-state index contributed by atoms with van der Waals surface area (Å²) in [7, 11) is 0. The van der Waals surface area contributed by atoms with Crippen LogP contribution in [-0.4, -0.2) is 100 Å². The van der Waals surface area contributed by atoms with E-state index in [0.29, 0.717) is 19.4 Å². The number of ether oxygens (including phenoxy) is 3. The van der Waals surface area contributed by atoms with Crippen LogP contribution in [0.4, 0.5) is 0 Å². The molecule has 1 aliphatic rings. The fourth-order valence-corrected chi connectivity index (χ4v) is 10.3. The third kappa shape index (κ3) is 46.8. The van der Waals surface area contributed by atoms with Gasteiger partial charge in [-0.2, -0.15) is 0 Å². The fraction of sp³-hybridized carbons (Fsp3) is 0.853. The molecule has 0 aliphatic carbocycles. The number of unbranched alkanes of at least 4 members (excludes halogenated alkanes) is 38. The summed E-state index contributed by atoms with van der Waals surface area (Å²) in [6.45, 7) is 4.31. The number of aliphatic hydroxyl groups excluding tert-OH is 5. The van der Waals surface area contributed by atoms with Gasteiger partial charge in [0.1, 0.15) is 24.4 Å². The number of carbonyl (C=O) groups is 2. The minimum Gasteiger partial charge on any atom is -0.466 e. The summed E-state index contributed by atoms with van der Waals surface area (Å²) in [6, 6.07) is -0.837. The maximum atomic E-state index is 13.1. The van der Waals surface area contributed by atoms with Crippen molar-refractivity contribution < 1.29 is 49.3 Å². The summed E-state index contributed by atoms with van der Waals surface area (Å²) in [5.74, 6) is -0.195. The van der Waals surface area contributed by atoms with E-state index in [-0.39, 0.29) is 18.5 Å². The second-order valence-electron chi connectivity index (χ2n) is 23.2. The molecule has 11 heteroatoms. The lowest BCUT2D eigenvalue weighted by Crippen LogP contribution is -2.60. The molecule has 0 radical (unpaired) electrons. The van der Waals surface area contributed by atoms with Crippen molar-refractivity contribution >= 4 is 11.9 Å².